The lowest BCUT2D eigenvalue weighted by molar-refractivity contribution is -0.140. The number of amides is 3. The second kappa shape index (κ2) is 7.25. The molecule has 8 nitrogen and oxygen atoms in total. The molecule has 0 fully saturated rings. The number of halogens is 1. The largest absolute Gasteiger partial charge is 0.480 e. The number of aliphatic carboxylic acids is 1. The first-order valence-corrected chi connectivity index (χ1v) is 6.41. The Morgan fingerprint density at radius 1 is 1.43 bits per heavy atom. The Labute approximate surface area is 128 Å². The van der Waals surface area contributed by atoms with Gasteiger partial charge in [0.05, 0.1) is 23.7 Å². The van der Waals surface area contributed by atoms with Crippen LogP contribution in [-0.2, 0) is 9.59 Å². The molecule has 9 heteroatoms. The van der Waals surface area contributed by atoms with Gasteiger partial charge < -0.3 is 21.5 Å². The molecule has 0 aromatic heterocycles. The fourth-order valence-electron chi connectivity index (χ4n) is 1.40. The minimum atomic E-state index is -1.42. The third-order valence-corrected chi connectivity index (χ3v) is 3.01. The lowest BCUT2D eigenvalue weighted by Crippen LogP contribution is -2.45. The van der Waals surface area contributed by atoms with Gasteiger partial charge in [0.25, 0.3) is 0 Å². The molecule has 1 aromatic carbocycles. The van der Waals surface area contributed by atoms with E-state index in [0.29, 0.717) is 15.7 Å². The summed E-state index contributed by atoms with van der Waals surface area (Å²) in [6.07, 6.45) is -0.517. The topological polar surface area (TPSA) is 145 Å². The fraction of sp³-hybridized carbons (Fsp3) is 0.167. The molecule has 5 N–H and O–H groups in total. The van der Waals surface area contributed by atoms with Crippen LogP contribution in [0.4, 0.5) is 10.5 Å². The van der Waals surface area contributed by atoms with Crippen molar-refractivity contribution < 1.29 is 19.5 Å². The van der Waals surface area contributed by atoms with Crippen molar-refractivity contribution in [2.75, 3.05) is 5.32 Å². The van der Waals surface area contributed by atoms with Gasteiger partial charge in [-0.05, 0) is 34.1 Å². The highest BCUT2D eigenvalue weighted by molar-refractivity contribution is 9.10. The standard InChI is InChI=1S/C12H11BrN4O4/c13-7-3-6(5-14)1-2-8(7)16-12(21)17-9(11(19)20)4-10(15)18/h1-3,9H,4H2,(H2,15,18)(H,19,20)(H2,16,17,21). The van der Waals surface area contributed by atoms with Crippen LogP contribution in [0.15, 0.2) is 22.7 Å². The Hall–Kier alpha value is -2.60. The van der Waals surface area contributed by atoms with Gasteiger partial charge in [0.2, 0.25) is 5.91 Å². The van der Waals surface area contributed by atoms with E-state index in [1.165, 1.54) is 18.2 Å². The van der Waals surface area contributed by atoms with Gasteiger partial charge in [-0.1, -0.05) is 0 Å². The maximum atomic E-state index is 11.7. The average molecular weight is 355 g/mol. The zero-order valence-corrected chi connectivity index (χ0v) is 12.2. The van der Waals surface area contributed by atoms with Crippen molar-refractivity contribution >= 4 is 39.5 Å². The van der Waals surface area contributed by atoms with E-state index < -0.39 is 30.4 Å². The number of hydrogen-bond acceptors (Lipinski definition) is 4. The first-order chi connectivity index (χ1) is 9.83. The Balaban J connectivity index is 2.75. The number of nitrogens with zero attached hydrogens (tertiary/aromatic N) is 1. The molecule has 1 rings (SSSR count). The van der Waals surface area contributed by atoms with E-state index in [9.17, 15) is 14.4 Å². The zero-order valence-electron chi connectivity index (χ0n) is 10.6. The molecular formula is C12H11BrN4O4. The number of primary amides is 1. The highest BCUT2D eigenvalue weighted by atomic mass is 79.9. The SMILES string of the molecule is N#Cc1ccc(NC(=O)NC(CC(N)=O)C(=O)O)c(Br)c1. The molecule has 1 atom stereocenters. The lowest BCUT2D eigenvalue weighted by atomic mass is 10.2. The van der Waals surface area contributed by atoms with Crippen LogP contribution < -0.4 is 16.4 Å². The molecular weight excluding hydrogens is 344 g/mol. The number of carbonyl (C=O) groups excluding carboxylic acids is 2. The maximum Gasteiger partial charge on any atom is 0.326 e. The van der Waals surface area contributed by atoms with Gasteiger partial charge in [0.15, 0.2) is 0 Å². The maximum absolute atomic E-state index is 11.7. The van der Waals surface area contributed by atoms with Crippen molar-refractivity contribution in [3.8, 4) is 6.07 Å². The zero-order chi connectivity index (χ0) is 16.0. The smallest absolute Gasteiger partial charge is 0.326 e. The molecule has 0 bridgehead atoms. The van der Waals surface area contributed by atoms with Crippen LogP contribution >= 0.6 is 15.9 Å². The number of nitriles is 1. The van der Waals surface area contributed by atoms with E-state index in [0.717, 1.165) is 0 Å². The fourth-order valence-corrected chi connectivity index (χ4v) is 1.88. The van der Waals surface area contributed by atoms with Crippen LogP contribution in [-0.4, -0.2) is 29.1 Å². The van der Waals surface area contributed by atoms with E-state index >= 15 is 0 Å². The lowest BCUT2D eigenvalue weighted by Gasteiger charge is -2.14. The van der Waals surface area contributed by atoms with Crippen molar-refractivity contribution in [3.63, 3.8) is 0 Å². The van der Waals surface area contributed by atoms with Crippen LogP contribution in [0.5, 0.6) is 0 Å². The molecule has 3 amide bonds. The monoisotopic (exact) mass is 354 g/mol. The van der Waals surface area contributed by atoms with E-state index in [2.05, 4.69) is 26.6 Å². The number of carboxylic acid groups (broad SMARTS) is 1. The molecule has 0 heterocycles. The Bertz CT molecular complexity index is 626. The van der Waals surface area contributed by atoms with Crippen molar-refractivity contribution in [2.45, 2.75) is 12.5 Å². The van der Waals surface area contributed by atoms with Crippen LogP contribution in [0, 0.1) is 11.3 Å². The van der Waals surface area contributed by atoms with E-state index in [1.807, 2.05) is 6.07 Å². The van der Waals surface area contributed by atoms with Crippen molar-refractivity contribution in [2.24, 2.45) is 5.73 Å². The highest BCUT2D eigenvalue weighted by Crippen LogP contribution is 2.23. The number of carboxylic acids is 1. The first-order valence-electron chi connectivity index (χ1n) is 5.61. The molecule has 0 aliphatic heterocycles. The minimum Gasteiger partial charge on any atom is -0.480 e. The summed E-state index contributed by atoms with van der Waals surface area (Å²) >= 11 is 3.17. The number of hydrogen-bond donors (Lipinski definition) is 4. The molecule has 0 spiro atoms. The summed E-state index contributed by atoms with van der Waals surface area (Å²) in [5.74, 6) is -2.22. The summed E-state index contributed by atoms with van der Waals surface area (Å²) in [6.45, 7) is 0. The van der Waals surface area contributed by atoms with E-state index in [-0.39, 0.29) is 0 Å². The summed E-state index contributed by atoms with van der Waals surface area (Å²) in [7, 11) is 0. The third kappa shape index (κ3) is 5.12. The van der Waals surface area contributed by atoms with Gasteiger partial charge in [-0.2, -0.15) is 5.26 Å². The molecule has 0 saturated carbocycles. The summed E-state index contributed by atoms with van der Waals surface area (Å²) in [4.78, 5) is 33.3. The van der Waals surface area contributed by atoms with Gasteiger partial charge >= 0.3 is 12.0 Å². The predicted octanol–water partition coefficient (Wildman–Crippen LogP) is 0.771. The average Bonchev–Trinajstić information content (AvgIpc) is 2.39. The van der Waals surface area contributed by atoms with Gasteiger partial charge in [-0.25, -0.2) is 9.59 Å². The van der Waals surface area contributed by atoms with Crippen molar-refractivity contribution in [1.29, 1.82) is 5.26 Å². The molecule has 1 unspecified atom stereocenters. The molecule has 110 valence electrons. The van der Waals surface area contributed by atoms with Crippen LogP contribution in [0.25, 0.3) is 0 Å². The summed E-state index contributed by atoms with van der Waals surface area (Å²) in [5.41, 5.74) is 5.64. The molecule has 0 aliphatic rings. The molecule has 1 aromatic rings. The Kier molecular flexibility index (Phi) is 5.68. The van der Waals surface area contributed by atoms with Gasteiger partial charge in [0.1, 0.15) is 6.04 Å². The molecule has 0 saturated heterocycles. The third-order valence-electron chi connectivity index (χ3n) is 2.36. The molecule has 0 radical (unpaired) electrons. The van der Waals surface area contributed by atoms with E-state index in [4.69, 9.17) is 16.1 Å². The number of urea groups is 1. The first kappa shape index (κ1) is 16.5. The second-order valence-electron chi connectivity index (χ2n) is 3.97. The highest BCUT2D eigenvalue weighted by Gasteiger charge is 2.22. The number of carbonyl (C=O) groups is 3. The van der Waals surface area contributed by atoms with Gasteiger partial charge in [-0.15, -0.1) is 0 Å². The number of anilines is 1. The number of rotatable bonds is 5. The summed E-state index contributed by atoms with van der Waals surface area (Å²) in [6, 6.07) is 4.16. The summed E-state index contributed by atoms with van der Waals surface area (Å²) < 4.78 is 0.457. The van der Waals surface area contributed by atoms with Gasteiger partial charge in [-0.3, -0.25) is 4.79 Å². The predicted molar refractivity (Wildman–Crippen MR) is 76.2 cm³/mol. The molecule has 21 heavy (non-hydrogen) atoms. The Morgan fingerprint density at radius 2 is 2.10 bits per heavy atom. The quantitative estimate of drug-likeness (QED) is 0.616. The van der Waals surface area contributed by atoms with Crippen molar-refractivity contribution in [3.05, 3.63) is 28.2 Å². The van der Waals surface area contributed by atoms with Crippen LogP contribution in [0.2, 0.25) is 0 Å². The van der Waals surface area contributed by atoms with Crippen molar-refractivity contribution in [1.82, 2.24) is 5.32 Å². The number of benzene rings is 1. The van der Waals surface area contributed by atoms with E-state index in [1.54, 1.807) is 0 Å². The minimum absolute atomic E-state index is 0.342. The van der Waals surface area contributed by atoms with Crippen LogP contribution in [0.1, 0.15) is 12.0 Å². The number of nitrogens with two attached hydrogens (primary N) is 1. The second-order valence-corrected chi connectivity index (χ2v) is 4.82. The number of nitrogens with one attached hydrogen (secondary N) is 2. The van der Waals surface area contributed by atoms with Gasteiger partial charge in [0, 0.05) is 4.47 Å². The summed E-state index contributed by atoms with van der Waals surface area (Å²) in [5, 5.41) is 22.1. The van der Waals surface area contributed by atoms with Crippen LogP contribution in [0.3, 0.4) is 0 Å². The Morgan fingerprint density at radius 3 is 2.57 bits per heavy atom. The molecule has 0 aliphatic carbocycles. The normalized spacial score (nSPS) is 11.0.